The monoisotopic (exact) mass is 705 g/mol. The number of nitrogens with one attached hydrogen (secondary N) is 1. The zero-order valence-electron chi connectivity index (χ0n) is 27.7. The lowest BCUT2D eigenvalue weighted by molar-refractivity contribution is -0.113. The molecule has 7 nitrogen and oxygen atoms in total. The number of carbonyl (C=O) groups is 1. The Balaban J connectivity index is 0.976. The zero-order chi connectivity index (χ0) is 33.6. The predicted molar refractivity (Wildman–Crippen MR) is 202 cm³/mol. The van der Waals surface area contributed by atoms with Crippen molar-refractivity contribution in [3.63, 3.8) is 0 Å². The quantitative estimate of drug-likeness (QED) is 0.127. The van der Waals surface area contributed by atoms with E-state index in [1.807, 2.05) is 53.1 Å². The number of aromatic nitrogens is 4. The second-order valence-corrected chi connectivity index (χ2v) is 15.7. The second-order valence-electron chi connectivity index (χ2n) is 12.5. The Morgan fingerprint density at radius 1 is 0.918 bits per heavy atom. The first-order valence-corrected chi connectivity index (χ1v) is 19.5. The largest absolute Gasteiger partial charge is 0.486 e. The Hall–Kier alpha value is -4.12. The number of hydrogen-bond donors (Lipinski definition) is 1. The Kier molecular flexibility index (Phi) is 10.6. The summed E-state index contributed by atoms with van der Waals surface area (Å²) in [7, 11) is 0. The number of hydrogen-bond acceptors (Lipinski definition) is 8. The lowest BCUT2D eigenvalue weighted by atomic mass is 9.84. The van der Waals surface area contributed by atoms with Gasteiger partial charge in [-0.2, -0.15) is 0 Å². The molecule has 1 aliphatic rings. The van der Waals surface area contributed by atoms with Gasteiger partial charge < -0.3 is 10.1 Å². The number of rotatable bonds is 12. The van der Waals surface area contributed by atoms with Crippen LogP contribution in [0.15, 0.2) is 100 Å². The van der Waals surface area contributed by atoms with Gasteiger partial charge in [0.2, 0.25) is 5.91 Å². The predicted octanol–water partition coefficient (Wildman–Crippen LogP) is 10.1. The molecule has 2 heterocycles. The lowest BCUT2D eigenvalue weighted by Crippen LogP contribution is -2.14. The summed E-state index contributed by atoms with van der Waals surface area (Å²) in [6.45, 7) is 4.54. The number of para-hydroxylation sites is 1. The van der Waals surface area contributed by atoms with Gasteiger partial charge in [0.15, 0.2) is 15.3 Å². The third-order valence-corrected chi connectivity index (χ3v) is 12.0. The standard InChI is InChI=1S/C39H39N5O2S3/c1-26-13-14-30(27(2)21-26)24-48-39-41-34-20-17-31(22-35(34)49-39)40-37(45)25-47-38-43-42-36(44(38)32-11-7-4-8-12-32)23-46-33-18-15-29(16-19-33)28-9-5-3-6-10-28/h4,7-8,11-22,28H,3,5-6,9-10,23-25H2,1-2H3,(H,40,45). The van der Waals surface area contributed by atoms with Gasteiger partial charge in [0, 0.05) is 17.1 Å². The highest BCUT2D eigenvalue weighted by Gasteiger charge is 2.18. The zero-order valence-corrected chi connectivity index (χ0v) is 30.2. The summed E-state index contributed by atoms with van der Waals surface area (Å²) in [5.41, 5.74) is 7.91. The van der Waals surface area contributed by atoms with Crippen molar-refractivity contribution in [2.45, 2.75) is 73.7 Å². The molecule has 0 bridgehead atoms. The fourth-order valence-electron chi connectivity index (χ4n) is 6.26. The summed E-state index contributed by atoms with van der Waals surface area (Å²) in [6, 6.07) is 30.9. The molecular formula is C39H39N5O2S3. The maximum Gasteiger partial charge on any atom is 0.234 e. The summed E-state index contributed by atoms with van der Waals surface area (Å²) in [4.78, 5) is 17.9. The minimum Gasteiger partial charge on any atom is -0.486 e. The van der Waals surface area contributed by atoms with E-state index in [0.717, 1.165) is 37.4 Å². The molecule has 49 heavy (non-hydrogen) atoms. The minimum atomic E-state index is -0.114. The molecule has 1 amide bonds. The van der Waals surface area contributed by atoms with E-state index in [0.29, 0.717) is 16.9 Å². The number of amides is 1. The van der Waals surface area contributed by atoms with E-state index in [9.17, 15) is 4.79 Å². The first kappa shape index (κ1) is 33.4. The van der Waals surface area contributed by atoms with Crippen LogP contribution < -0.4 is 10.1 Å². The summed E-state index contributed by atoms with van der Waals surface area (Å²) in [5, 5.41) is 12.6. The van der Waals surface area contributed by atoms with Crippen LogP contribution in [0.25, 0.3) is 15.9 Å². The van der Waals surface area contributed by atoms with Crippen molar-refractivity contribution in [2.75, 3.05) is 11.1 Å². The first-order valence-electron chi connectivity index (χ1n) is 16.7. The van der Waals surface area contributed by atoms with Crippen molar-refractivity contribution in [3.05, 3.63) is 119 Å². The molecule has 0 spiro atoms. The molecule has 4 aromatic carbocycles. The van der Waals surface area contributed by atoms with Gasteiger partial charge in [0.05, 0.1) is 16.0 Å². The highest BCUT2D eigenvalue weighted by Crippen LogP contribution is 2.35. The molecule has 1 fully saturated rings. The van der Waals surface area contributed by atoms with Crippen LogP contribution in [0.4, 0.5) is 5.69 Å². The summed E-state index contributed by atoms with van der Waals surface area (Å²) < 4.78 is 10.2. The summed E-state index contributed by atoms with van der Waals surface area (Å²) in [5.74, 6) is 3.09. The van der Waals surface area contributed by atoms with E-state index in [1.54, 1.807) is 23.1 Å². The molecule has 10 heteroatoms. The van der Waals surface area contributed by atoms with Crippen LogP contribution in [-0.4, -0.2) is 31.4 Å². The molecule has 1 N–H and O–H groups in total. The van der Waals surface area contributed by atoms with Crippen molar-refractivity contribution in [2.24, 2.45) is 0 Å². The van der Waals surface area contributed by atoms with Gasteiger partial charge in [-0.15, -0.1) is 21.5 Å². The van der Waals surface area contributed by atoms with Crippen molar-refractivity contribution < 1.29 is 9.53 Å². The topological polar surface area (TPSA) is 81.9 Å². The van der Waals surface area contributed by atoms with E-state index in [2.05, 4.69) is 71.8 Å². The summed E-state index contributed by atoms with van der Waals surface area (Å²) >= 11 is 4.75. The van der Waals surface area contributed by atoms with E-state index in [1.165, 1.54) is 66.1 Å². The summed E-state index contributed by atoms with van der Waals surface area (Å²) in [6.07, 6.45) is 6.53. The number of aryl methyl sites for hydroxylation is 2. The number of fused-ring (bicyclic) bond motifs is 1. The molecule has 0 unspecified atom stereocenters. The molecule has 0 saturated heterocycles. The smallest absolute Gasteiger partial charge is 0.234 e. The van der Waals surface area contributed by atoms with Crippen LogP contribution in [0.1, 0.15) is 66.1 Å². The van der Waals surface area contributed by atoms with Crippen LogP contribution in [0, 0.1) is 13.8 Å². The van der Waals surface area contributed by atoms with Crippen LogP contribution in [0.5, 0.6) is 5.75 Å². The van der Waals surface area contributed by atoms with Gasteiger partial charge >= 0.3 is 0 Å². The van der Waals surface area contributed by atoms with Gasteiger partial charge in [0.1, 0.15) is 12.4 Å². The van der Waals surface area contributed by atoms with Crippen molar-refractivity contribution in [1.29, 1.82) is 0 Å². The minimum absolute atomic E-state index is 0.114. The highest BCUT2D eigenvalue weighted by atomic mass is 32.2. The van der Waals surface area contributed by atoms with E-state index in [4.69, 9.17) is 9.72 Å². The molecule has 250 valence electrons. The SMILES string of the molecule is Cc1ccc(CSc2nc3ccc(NC(=O)CSc4nnc(COc5ccc(C6CCCCC6)cc5)n4-c4ccccc4)cc3s2)c(C)c1. The van der Waals surface area contributed by atoms with E-state index >= 15 is 0 Å². The van der Waals surface area contributed by atoms with Gasteiger partial charge in [-0.3, -0.25) is 9.36 Å². The van der Waals surface area contributed by atoms with Gasteiger partial charge in [0.25, 0.3) is 0 Å². The highest BCUT2D eigenvalue weighted by molar-refractivity contribution is 8.00. The average molecular weight is 706 g/mol. The maximum absolute atomic E-state index is 13.1. The fourth-order valence-corrected chi connectivity index (χ4v) is 9.22. The number of anilines is 1. The first-order chi connectivity index (χ1) is 24.0. The van der Waals surface area contributed by atoms with Crippen LogP contribution in [-0.2, 0) is 17.2 Å². The number of benzene rings is 4. The number of ether oxygens (including phenoxy) is 1. The Labute approximate surface area is 299 Å². The third kappa shape index (κ3) is 8.37. The molecule has 0 radical (unpaired) electrons. The van der Waals surface area contributed by atoms with E-state index < -0.39 is 0 Å². The maximum atomic E-state index is 13.1. The molecule has 2 aromatic heterocycles. The Morgan fingerprint density at radius 2 is 1.73 bits per heavy atom. The van der Waals surface area contributed by atoms with Crippen molar-refractivity contribution in [1.82, 2.24) is 19.7 Å². The third-order valence-electron chi connectivity index (χ3n) is 8.87. The van der Waals surface area contributed by atoms with E-state index in [-0.39, 0.29) is 18.3 Å². The van der Waals surface area contributed by atoms with Gasteiger partial charge in [-0.1, -0.05) is 96.9 Å². The Morgan fingerprint density at radius 3 is 2.53 bits per heavy atom. The molecule has 0 aliphatic heterocycles. The normalized spacial score (nSPS) is 13.5. The second kappa shape index (κ2) is 15.6. The van der Waals surface area contributed by atoms with Crippen LogP contribution >= 0.6 is 34.9 Å². The molecule has 7 rings (SSSR count). The van der Waals surface area contributed by atoms with Crippen molar-refractivity contribution in [3.8, 4) is 11.4 Å². The fraction of sp³-hybridized carbons (Fsp3) is 0.282. The lowest BCUT2D eigenvalue weighted by Gasteiger charge is -2.22. The number of nitrogens with zero attached hydrogens (tertiary/aromatic N) is 4. The number of thiazole rings is 1. The average Bonchev–Trinajstić information content (AvgIpc) is 3.74. The molecule has 1 aliphatic carbocycles. The number of thioether (sulfide) groups is 2. The molecular weight excluding hydrogens is 667 g/mol. The van der Waals surface area contributed by atoms with Crippen LogP contribution in [0.3, 0.4) is 0 Å². The van der Waals surface area contributed by atoms with Crippen LogP contribution in [0.2, 0.25) is 0 Å². The van der Waals surface area contributed by atoms with Gasteiger partial charge in [-0.25, -0.2) is 4.98 Å². The molecule has 0 atom stereocenters. The van der Waals surface area contributed by atoms with Gasteiger partial charge in [-0.05, 0) is 91.8 Å². The molecule has 1 saturated carbocycles. The Bertz CT molecular complexity index is 2040. The van der Waals surface area contributed by atoms with Crippen molar-refractivity contribution >= 4 is 56.7 Å². The number of carbonyl (C=O) groups excluding carboxylic acids is 1. The molecule has 6 aromatic rings.